The first-order valence-corrected chi connectivity index (χ1v) is 21.7. The van der Waals surface area contributed by atoms with Gasteiger partial charge in [-0.15, -0.1) is 10.2 Å². The lowest BCUT2D eigenvalue weighted by Crippen LogP contribution is -2.49. The SMILES string of the molecule is Cc1cc(C(=O)N2CCC(CN3CCC(n4cc(C)c5cc(N6CCC(=O)NC6=O)ccc54)CC3)CC2)ccc1[C@@H]1CN(c2cc(-c3ccccc3O)nnc2N)C[C@H](C)O1. The number of rotatable bonds is 8. The zero-order valence-electron chi connectivity index (χ0n) is 35.2. The van der Waals surface area contributed by atoms with Crippen LogP contribution in [0, 0.1) is 19.8 Å². The zero-order valence-corrected chi connectivity index (χ0v) is 35.2. The van der Waals surface area contributed by atoms with Crippen molar-refractivity contribution in [1.82, 2.24) is 29.9 Å². The smallest absolute Gasteiger partial charge is 0.328 e. The molecule has 5 aromatic rings. The summed E-state index contributed by atoms with van der Waals surface area (Å²) in [4.78, 5) is 46.4. The minimum absolute atomic E-state index is 0.0801. The minimum atomic E-state index is -0.359. The molecular weight excluding hydrogens is 771 g/mol. The average Bonchev–Trinajstić information content (AvgIpc) is 3.59. The fraction of sp³-hybridized carbons (Fsp3) is 0.426. The van der Waals surface area contributed by atoms with Gasteiger partial charge in [0.25, 0.3) is 5.91 Å². The van der Waals surface area contributed by atoms with Crippen molar-refractivity contribution in [2.24, 2.45) is 5.92 Å². The summed E-state index contributed by atoms with van der Waals surface area (Å²) in [5, 5.41) is 22.5. The van der Waals surface area contributed by atoms with Crippen molar-refractivity contribution in [1.29, 1.82) is 0 Å². The Morgan fingerprint density at radius 3 is 2.44 bits per heavy atom. The molecule has 4 amide bonds. The van der Waals surface area contributed by atoms with Crippen LogP contribution in [0.15, 0.2) is 72.9 Å². The highest BCUT2D eigenvalue weighted by molar-refractivity contribution is 6.06. The molecule has 318 valence electrons. The van der Waals surface area contributed by atoms with E-state index in [9.17, 15) is 19.5 Å². The summed E-state index contributed by atoms with van der Waals surface area (Å²) < 4.78 is 8.89. The number of hydrogen-bond donors (Lipinski definition) is 3. The summed E-state index contributed by atoms with van der Waals surface area (Å²) in [6, 6.07) is 21.2. The van der Waals surface area contributed by atoms with Crippen LogP contribution >= 0.6 is 0 Å². The van der Waals surface area contributed by atoms with Crippen LogP contribution in [-0.4, -0.2) is 106 Å². The number of phenolic OH excluding ortho intramolecular Hbond substituents is 1. The Labute approximate surface area is 356 Å². The summed E-state index contributed by atoms with van der Waals surface area (Å²) in [5.41, 5.74) is 14.2. The molecule has 0 saturated carbocycles. The molecule has 14 heteroatoms. The number of aryl methyl sites for hydroxylation is 2. The lowest BCUT2D eigenvalue weighted by molar-refractivity contribution is -0.120. The highest BCUT2D eigenvalue weighted by atomic mass is 16.5. The van der Waals surface area contributed by atoms with Crippen LogP contribution in [0.1, 0.15) is 78.2 Å². The Kier molecular flexibility index (Phi) is 11.1. The van der Waals surface area contributed by atoms with Crippen molar-refractivity contribution < 1.29 is 24.2 Å². The molecule has 14 nitrogen and oxygen atoms in total. The van der Waals surface area contributed by atoms with Gasteiger partial charge in [0.1, 0.15) is 11.9 Å². The van der Waals surface area contributed by atoms with Gasteiger partial charge in [0.15, 0.2) is 5.82 Å². The molecule has 4 aliphatic rings. The molecule has 4 N–H and O–H groups in total. The summed E-state index contributed by atoms with van der Waals surface area (Å²) in [6.45, 7) is 12.4. The van der Waals surface area contributed by atoms with Crippen molar-refractivity contribution in [3.05, 3.63) is 95.2 Å². The van der Waals surface area contributed by atoms with Gasteiger partial charge >= 0.3 is 6.03 Å². The molecule has 4 aliphatic heterocycles. The number of ether oxygens (including phenoxy) is 1. The maximum atomic E-state index is 13.8. The largest absolute Gasteiger partial charge is 0.507 e. The standard InChI is InChI=1S/C47H55N9O5/c1-29-22-33(8-10-36(29)43-28-54(26-31(3)61-43)41-24-39(50-51-45(41)48)37-6-4-5-7-42(37)57)46(59)53-19-12-32(13-20-53)27-52-17-14-34(15-18-52)56-25-30(2)38-23-35(9-11-40(38)56)55-21-16-44(58)49-47(55)60/h4-11,22-25,31-32,34,43,57H,12-21,26-28H2,1-3H3,(H2,48,51)(H,49,58,60)/t31-,43-/m0/s1. The molecule has 0 aliphatic carbocycles. The molecule has 6 heterocycles. The van der Waals surface area contributed by atoms with E-state index in [2.05, 4.69) is 55.1 Å². The van der Waals surface area contributed by atoms with E-state index < -0.39 is 0 Å². The number of nitrogens with one attached hydrogen (secondary N) is 1. The van der Waals surface area contributed by atoms with Crippen LogP contribution in [0.2, 0.25) is 0 Å². The number of nitrogen functional groups attached to an aromatic ring is 1. The first-order chi connectivity index (χ1) is 29.5. The number of aromatic hydroxyl groups is 1. The zero-order chi connectivity index (χ0) is 42.4. The van der Waals surface area contributed by atoms with E-state index in [1.807, 2.05) is 55.1 Å². The second kappa shape index (κ2) is 16.8. The lowest BCUT2D eigenvalue weighted by Gasteiger charge is -2.39. The van der Waals surface area contributed by atoms with Gasteiger partial charge in [-0.2, -0.15) is 0 Å². The van der Waals surface area contributed by atoms with Gasteiger partial charge in [-0.1, -0.05) is 18.2 Å². The number of aromatic nitrogens is 3. The maximum absolute atomic E-state index is 13.8. The number of piperidine rings is 2. The molecule has 0 unspecified atom stereocenters. The monoisotopic (exact) mass is 825 g/mol. The topological polar surface area (TPSA) is 162 Å². The average molecular weight is 826 g/mol. The molecule has 4 fully saturated rings. The van der Waals surface area contributed by atoms with Gasteiger partial charge in [0.05, 0.1) is 17.5 Å². The van der Waals surface area contributed by atoms with Gasteiger partial charge < -0.3 is 34.8 Å². The molecule has 0 bridgehead atoms. The summed E-state index contributed by atoms with van der Waals surface area (Å²) in [5.74, 6) is 0.866. The summed E-state index contributed by atoms with van der Waals surface area (Å²) in [7, 11) is 0. The number of phenols is 1. The number of urea groups is 1. The summed E-state index contributed by atoms with van der Waals surface area (Å²) >= 11 is 0. The highest BCUT2D eigenvalue weighted by Gasteiger charge is 2.32. The number of hydrogen-bond acceptors (Lipinski definition) is 10. The van der Waals surface area contributed by atoms with E-state index in [1.54, 1.807) is 23.1 Å². The fourth-order valence-corrected chi connectivity index (χ4v) is 9.90. The molecule has 2 aromatic heterocycles. The van der Waals surface area contributed by atoms with Gasteiger partial charge in [-0.3, -0.25) is 19.8 Å². The van der Waals surface area contributed by atoms with Crippen LogP contribution in [0.25, 0.3) is 22.2 Å². The number of nitrogens with zero attached hydrogens (tertiary/aromatic N) is 7. The fourth-order valence-electron chi connectivity index (χ4n) is 9.90. The highest BCUT2D eigenvalue weighted by Crippen LogP contribution is 2.37. The van der Waals surface area contributed by atoms with E-state index >= 15 is 0 Å². The Morgan fingerprint density at radius 1 is 0.902 bits per heavy atom. The van der Waals surface area contributed by atoms with Gasteiger partial charge in [0, 0.05) is 98.7 Å². The molecule has 0 radical (unpaired) electrons. The van der Waals surface area contributed by atoms with Crippen LogP contribution < -0.4 is 20.9 Å². The lowest BCUT2D eigenvalue weighted by atomic mass is 9.93. The van der Waals surface area contributed by atoms with Gasteiger partial charge in [-0.05, 0) is 118 Å². The Hall–Kier alpha value is -5.99. The third kappa shape index (κ3) is 8.26. The number of carbonyl (C=O) groups is 3. The minimum Gasteiger partial charge on any atom is -0.507 e. The van der Waals surface area contributed by atoms with E-state index in [-0.39, 0.29) is 35.8 Å². The van der Waals surface area contributed by atoms with E-state index in [0.29, 0.717) is 60.7 Å². The van der Waals surface area contributed by atoms with Crippen LogP contribution in [0.4, 0.5) is 22.0 Å². The molecule has 4 saturated heterocycles. The second-order valence-electron chi connectivity index (χ2n) is 17.4. The normalized spacial score (nSPS) is 21.0. The van der Waals surface area contributed by atoms with Crippen LogP contribution in [0.3, 0.4) is 0 Å². The molecular formula is C47H55N9O5. The number of fused-ring (bicyclic) bond motifs is 1. The molecule has 2 atom stereocenters. The predicted octanol–water partition coefficient (Wildman–Crippen LogP) is 6.60. The first-order valence-electron chi connectivity index (χ1n) is 21.7. The summed E-state index contributed by atoms with van der Waals surface area (Å²) in [6.07, 6.45) is 6.39. The van der Waals surface area contributed by atoms with Crippen LogP contribution in [0.5, 0.6) is 5.75 Å². The van der Waals surface area contributed by atoms with Gasteiger partial charge in [0.2, 0.25) is 5.91 Å². The number of carbonyl (C=O) groups excluding carboxylic acids is 3. The van der Waals surface area contributed by atoms with Crippen molar-refractivity contribution in [3.63, 3.8) is 0 Å². The van der Waals surface area contributed by atoms with Crippen molar-refractivity contribution in [3.8, 4) is 17.0 Å². The Balaban J connectivity index is 0.775. The van der Waals surface area contributed by atoms with Crippen molar-refractivity contribution in [2.45, 2.75) is 71.1 Å². The van der Waals surface area contributed by atoms with E-state index in [0.717, 1.165) is 86.3 Å². The van der Waals surface area contributed by atoms with E-state index in [4.69, 9.17) is 10.5 Å². The number of likely N-dealkylation sites (tertiary alicyclic amines) is 2. The van der Waals surface area contributed by atoms with Crippen molar-refractivity contribution >= 4 is 45.9 Å². The van der Waals surface area contributed by atoms with Crippen molar-refractivity contribution in [2.75, 3.05) is 67.9 Å². The Morgan fingerprint density at radius 2 is 1.69 bits per heavy atom. The number of anilines is 3. The first kappa shape index (κ1) is 40.4. The predicted molar refractivity (Wildman–Crippen MR) is 236 cm³/mol. The van der Waals surface area contributed by atoms with Crippen LogP contribution in [-0.2, 0) is 9.53 Å². The number of imide groups is 1. The molecule has 0 spiro atoms. The number of para-hydroxylation sites is 1. The van der Waals surface area contributed by atoms with Gasteiger partial charge in [-0.25, -0.2) is 4.79 Å². The van der Waals surface area contributed by atoms with E-state index in [1.165, 1.54) is 11.1 Å². The molecule has 61 heavy (non-hydrogen) atoms. The third-order valence-corrected chi connectivity index (χ3v) is 13.2. The quantitative estimate of drug-likeness (QED) is 0.155. The molecule has 9 rings (SSSR count). The Bertz CT molecular complexity index is 2470. The number of morpholine rings is 1. The maximum Gasteiger partial charge on any atom is 0.328 e. The second-order valence-corrected chi connectivity index (χ2v) is 17.4. The number of nitrogens with two attached hydrogens (primary N) is 1. The third-order valence-electron chi connectivity index (χ3n) is 13.2. The molecule has 3 aromatic carbocycles. The number of amides is 4. The number of benzene rings is 3.